The van der Waals surface area contributed by atoms with Crippen LogP contribution in [-0.4, -0.2) is 24.5 Å². The number of sulfonamides is 1. The van der Waals surface area contributed by atoms with Gasteiger partial charge in [-0.3, -0.25) is 4.79 Å². The molecule has 2 heterocycles. The highest BCUT2D eigenvalue weighted by molar-refractivity contribution is 7.89. The monoisotopic (exact) mass is 518 g/mol. The van der Waals surface area contributed by atoms with Gasteiger partial charge < -0.3 is 14.5 Å². The fourth-order valence-electron chi connectivity index (χ4n) is 4.41. The molecule has 4 aromatic rings. The molecule has 192 valence electrons. The number of aromatic nitrogens is 1. The van der Waals surface area contributed by atoms with Crippen molar-refractivity contribution in [2.24, 2.45) is 0 Å². The summed E-state index contributed by atoms with van der Waals surface area (Å²) in [5, 5.41) is 0.843. The van der Waals surface area contributed by atoms with Crippen molar-refractivity contribution in [1.29, 1.82) is 0 Å². The molecular weight excluding hydrogens is 488 g/mol. The first-order valence-electron chi connectivity index (χ1n) is 12.1. The van der Waals surface area contributed by atoms with Crippen molar-refractivity contribution in [3.63, 3.8) is 0 Å². The first-order valence-corrected chi connectivity index (χ1v) is 13.6. The van der Waals surface area contributed by atoms with Crippen LogP contribution in [-0.2, 0) is 28.5 Å². The third-order valence-electron chi connectivity index (χ3n) is 6.58. The Balaban J connectivity index is 1.55. The SMILES string of the molecule is Cc1ccc2cc(CN(Cc3ccc4c(c3)OCO4)S(=O)(=O)c3ccc(C(C)(C)C)cc3)c(=O)[nH]c2c1. The second-order valence-electron chi connectivity index (χ2n) is 10.4. The zero-order valence-corrected chi connectivity index (χ0v) is 22.2. The van der Waals surface area contributed by atoms with Gasteiger partial charge in [0.15, 0.2) is 11.5 Å². The van der Waals surface area contributed by atoms with Crippen molar-refractivity contribution in [2.45, 2.75) is 51.1 Å². The Morgan fingerprint density at radius 3 is 2.35 bits per heavy atom. The lowest BCUT2D eigenvalue weighted by atomic mass is 9.87. The van der Waals surface area contributed by atoms with Gasteiger partial charge in [0.1, 0.15) is 0 Å². The summed E-state index contributed by atoms with van der Waals surface area (Å²) in [6.07, 6.45) is 0. The molecule has 0 bridgehead atoms. The molecule has 0 aliphatic carbocycles. The van der Waals surface area contributed by atoms with Gasteiger partial charge in [0.05, 0.1) is 4.90 Å². The molecule has 0 amide bonds. The van der Waals surface area contributed by atoms with Crippen molar-refractivity contribution in [1.82, 2.24) is 9.29 Å². The van der Waals surface area contributed by atoms with E-state index in [2.05, 4.69) is 25.8 Å². The minimum atomic E-state index is -3.94. The van der Waals surface area contributed by atoms with Crippen LogP contribution >= 0.6 is 0 Å². The lowest BCUT2D eigenvalue weighted by Gasteiger charge is -2.24. The number of rotatable bonds is 6. The van der Waals surface area contributed by atoms with Gasteiger partial charge in [-0.25, -0.2) is 8.42 Å². The zero-order chi connectivity index (χ0) is 26.4. The lowest BCUT2D eigenvalue weighted by Crippen LogP contribution is -2.32. The van der Waals surface area contributed by atoms with E-state index in [9.17, 15) is 13.2 Å². The van der Waals surface area contributed by atoms with Crippen LogP contribution in [0.25, 0.3) is 10.9 Å². The number of hydrogen-bond acceptors (Lipinski definition) is 5. The van der Waals surface area contributed by atoms with E-state index in [1.807, 2.05) is 43.3 Å². The minimum absolute atomic E-state index is 0.0609. The van der Waals surface area contributed by atoms with Crippen molar-refractivity contribution in [3.8, 4) is 11.5 Å². The van der Waals surface area contributed by atoms with E-state index in [1.54, 1.807) is 30.3 Å². The fourth-order valence-corrected chi connectivity index (χ4v) is 5.82. The molecular formula is C29H30N2O5S. The van der Waals surface area contributed by atoms with Crippen LogP contribution in [0, 0.1) is 6.92 Å². The molecule has 37 heavy (non-hydrogen) atoms. The second-order valence-corrected chi connectivity index (χ2v) is 12.4. The predicted molar refractivity (Wildman–Crippen MR) is 143 cm³/mol. The molecule has 1 aliphatic heterocycles. The van der Waals surface area contributed by atoms with Crippen LogP contribution in [0.15, 0.2) is 76.4 Å². The maximum atomic E-state index is 13.9. The van der Waals surface area contributed by atoms with Gasteiger partial charge in [-0.1, -0.05) is 51.1 Å². The Labute approximate surface area is 216 Å². The standard InChI is InChI=1S/C29H30N2O5S/c1-19-5-7-21-15-22(28(32)30-25(21)13-19)17-31(16-20-6-12-26-27(14-20)36-18-35-26)37(33,34)24-10-8-23(9-11-24)29(2,3)4/h5-15H,16-18H2,1-4H3,(H,30,32). The maximum absolute atomic E-state index is 13.9. The van der Waals surface area contributed by atoms with Crippen LogP contribution in [0.2, 0.25) is 0 Å². The molecule has 7 nitrogen and oxygen atoms in total. The van der Waals surface area contributed by atoms with E-state index < -0.39 is 10.0 Å². The van der Waals surface area contributed by atoms with Gasteiger partial charge in [0.2, 0.25) is 16.8 Å². The third kappa shape index (κ3) is 5.12. The number of H-pyrrole nitrogens is 1. The van der Waals surface area contributed by atoms with Gasteiger partial charge in [0.25, 0.3) is 5.56 Å². The highest BCUT2D eigenvalue weighted by atomic mass is 32.2. The summed E-state index contributed by atoms with van der Waals surface area (Å²) >= 11 is 0. The van der Waals surface area contributed by atoms with Gasteiger partial charge in [-0.05, 0) is 70.8 Å². The van der Waals surface area contributed by atoms with Gasteiger partial charge in [-0.15, -0.1) is 0 Å². The number of nitrogens with zero attached hydrogens (tertiary/aromatic N) is 1. The predicted octanol–water partition coefficient (Wildman–Crippen LogP) is 5.25. The molecule has 1 aliphatic rings. The summed E-state index contributed by atoms with van der Waals surface area (Å²) < 4.78 is 40.0. The number of nitrogens with one attached hydrogen (secondary N) is 1. The van der Waals surface area contributed by atoms with E-state index in [0.29, 0.717) is 17.1 Å². The quantitative estimate of drug-likeness (QED) is 0.376. The topological polar surface area (TPSA) is 88.7 Å². The minimum Gasteiger partial charge on any atom is -0.454 e. The van der Waals surface area contributed by atoms with E-state index in [-0.39, 0.29) is 35.8 Å². The number of fused-ring (bicyclic) bond motifs is 2. The van der Waals surface area contributed by atoms with E-state index in [0.717, 1.165) is 27.6 Å². The summed E-state index contributed by atoms with van der Waals surface area (Å²) in [5.41, 5.74) is 3.46. The third-order valence-corrected chi connectivity index (χ3v) is 8.39. The summed E-state index contributed by atoms with van der Waals surface area (Å²) in [5.74, 6) is 1.19. The smallest absolute Gasteiger partial charge is 0.252 e. The number of hydrogen-bond donors (Lipinski definition) is 1. The average molecular weight is 519 g/mol. The highest BCUT2D eigenvalue weighted by Crippen LogP contribution is 2.34. The fraction of sp³-hybridized carbons (Fsp3) is 0.276. The van der Waals surface area contributed by atoms with Gasteiger partial charge >= 0.3 is 0 Å². The van der Waals surface area contributed by atoms with Crippen LogP contribution in [0.1, 0.15) is 43.0 Å². The average Bonchev–Trinajstić information content (AvgIpc) is 3.31. The summed E-state index contributed by atoms with van der Waals surface area (Å²) in [4.78, 5) is 16.1. The molecule has 1 N–H and O–H groups in total. The lowest BCUT2D eigenvalue weighted by molar-refractivity contribution is 0.174. The molecule has 3 aromatic carbocycles. The Morgan fingerprint density at radius 2 is 1.62 bits per heavy atom. The van der Waals surface area contributed by atoms with E-state index in [4.69, 9.17) is 9.47 Å². The summed E-state index contributed by atoms with van der Waals surface area (Å²) in [6, 6.07) is 19.9. The molecule has 0 saturated carbocycles. The molecule has 0 saturated heterocycles. The molecule has 1 aromatic heterocycles. The first-order chi connectivity index (χ1) is 17.5. The Kier molecular flexibility index (Phi) is 6.33. The number of ether oxygens (including phenoxy) is 2. The summed E-state index contributed by atoms with van der Waals surface area (Å²) in [7, 11) is -3.94. The number of benzene rings is 3. The van der Waals surface area contributed by atoms with Gasteiger partial charge in [-0.2, -0.15) is 4.31 Å². The van der Waals surface area contributed by atoms with Crippen molar-refractivity contribution in [2.75, 3.05) is 6.79 Å². The van der Waals surface area contributed by atoms with E-state index >= 15 is 0 Å². The zero-order valence-electron chi connectivity index (χ0n) is 21.4. The van der Waals surface area contributed by atoms with Gasteiger partial charge in [0, 0.05) is 24.2 Å². The van der Waals surface area contributed by atoms with Crippen molar-refractivity contribution in [3.05, 3.63) is 99.3 Å². The molecule has 8 heteroatoms. The number of aromatic amines is 1. The maximum Gasteiger partial charge on any atom is 0.252 e. The largest absolute Gasteiger partial charge is 0.454 e. The molecule has 0 atom stereocenters. The first kappa shape index (κ1) is 25.0. The Bertz CT molecular complexity index is 1630. The normalized spacial score (nSPS) is 13.4. The van der Waals surface area contributed by atoms with Crippen molar-refractivity contribution < 1.29 is 17.9 Å². The summed E-state index contributed by atoms with van der Waals surface area (Å²) in [6.45, 7) is 8.30. The van der Waals surface area contributed by atoms with Crippen molar-refractivity contribution >= 4 is 20.9 Å². The second kappa shape index (κ2) is 9.36. The van der Waals surface area contributed by atoms with Crippen LogP contribution < -0.4 is 15.0 Å². The van der Waals surface area contributed by atoms with Crippen LogP contribution in [0.4, 0.5) is 0 Å². The molecule has 0 radical (unpaired) electrons. The van der Waals surface area contributed by atoms with Crippen LogP contribution in [0.5, 0.6) is 11.5 Å². The number of pyridine rings is 1. The Hall–Kier alpha value is -3.62. The Morgan fingerprint density at radius 1 is 0.892 bits per heavy atom. The van der Waals surface area contributed by atoms with E-state index in [1.165, 1.54) is 4.31 Å². The number of aryl methyl sites for hydroxylation is 1. The van der Waals surface area contributed by atoms with Crippen LogP contribution in [0.3, 0.4) is 0 Å². The molecule has 0 fully saturated rings. The molecule has 5 rings (SSSR count). The molecule has 0 unspecified atom stereocenters. The molecule has 0 spiro atoms. The highest BCUT2D eigenvalue weighted by Gasteiger charge is 2.27.